The molecule has 98 valence electrons. The molecule has 0 saturated carbocycles. The van der Waals surface area contributed by atoms with Crippen molar-refractivity contribution >= 4 is 28.9 Å². The average molecular weight is 296 g/mol. The van der Waals surface area contributed by atoms with Crippen LogP contribution in [0.5, 0.6) is 5.75 Å². The molecule has 1 aromatic heterocycles. The smallest absolute Gasteiger partial charge is 0.341 e. The van der Waals surface area contributed by atoms with Gasteiger partial charge in [0.25, 0.3) is 0 Å². The standard InChI is InChI=1S/C13H10ClNO3S/c1-8(11(16)12-15-6-7-19-12)13(17)18-10-4-2-9(14)3-5-10/h2-7,11,16H,1H2. The van der Waals surface area contributed by atoms with Crippen molar-refractivity contribution in [3.63, 3.8) is 0 Å². The van der Waals surface area contributed by atoms with E-state index in [1.807, 2.05) is 0 Å². The van der Waals surface area contributed by atoms with E-state index in [4.69, 9.17) is 16.3 Å². The van der Waals surface area contributed by atoms with Crippen molar-refractivity contribution in [3.8, 4) is 5.75 Å². The van der Waals surface area contributed by atoms with Crippen LogP contribution in [0.1, 0.15) is 11.1 Å². The molecule has 1 N–H and O–H groups in total. The maximum absolute atomic E-state index is 11.8. The molecule has 2 rings (SSSR count). The summed E-state index contributed by atoms with van der Waals surface area (Å²) >= 11 is 6.96. The van der Waals surface area contributed by atoms with Gasteiger partial charge < -0.3 is 9.84 Å². The highest BCUT2D eigenvalue weighted by molar-refractivity contribution is 7.09. The number of carbonyl (C=O) groups is 1. The average Bonchev–Trinajstić information content (AvgIpc) is 2.93. The van der Waals surface area contributed by atoms with E-state index in [1.54, 1.807) is 35.8 Å². The highest BCUT2D eigenvalue weighted by atomic mass is 35.5. The van der Waals surface area contributed by atoms with Crippen molar-refractivity contribution in [1.82, 2.24) is 4.98 Å². The maximum atomic E-state index is 11.8. The Balaban J connectivity index is 2.03. The van der Waals surface area contributed by atoms with Crippen molar-refractivity contribution in [3.05, 3.63) is 58.0 Å². The molecule has 0 saturated heterocycles. The molecule has 1 heterocycles. The Kier molecular flexibility index (Phi) is 4.31. The van der Waals surface area contributed by atoms with E-state index in [0.717, 1.165) is 0 Å². The van der Waals surface area contributed by atoms with Crippen LogP contribution in [0.4, 0.5) is 0 Å². The molecular formula is C13H10ClNO3S. The Hall–Kier alpha value is -1.69. The summed E-state index contributed by atoms with van der Waals surface area (Å²) in [5, 5.41) is 12.5. The number of hydrogen-bond acceptors (Lipinski definition) is 5. The molecule has 4 nitrogen and oxygen atoms in total. The third-order valence-corrected chi connectivity index (χ3v) is 3.38. The number of carbonyl (C=O) groups excluding carboxylic acids is 1. The minimum absolute atomic E-state index is 0.0649. The second-order valence-corrected chi connectivity index (χ2v) is 5.00. The van der Waals surface area contributed by atoms with Crippen LogP contribution in [0, 0.1) is 0 Å². The highest BCUT2D eigenvalue weighted by Crippen LogP contribution is 2.24. The van der Waals surface area contributed by atoms with E-state index >= 15 is 0 Å². The zero-order chi connectivity index (χ0) is 13.8. The summed E-state index contributed by atoms with van der Waals surface area (Å²) in [6.07, 6.45) is 0.390. The van der Waals surface area contributed by atoms with Crippen LogP contribution in [0.25, 0.3) is 0 Å². The van der Waals surface area contributed by atoms with Gasteiger partial charge in [-0.25, -0.2) is 9.78 Å². The molecule has 0 aliphatic heterocycles. The molecule has 2 aromatic rings. The van der Waals surface area contributed by atoms with E-state index in [0.29, 0.717) is 15.8 Å². The van der Waals surface area contributed by atoms with Gasteiger partial charge >= 0.3 is 5.97 Å². The van der Waals surface area contributed by atoms with E-state index in [1.165, 1.54) is 11.3 Å². The van der Waals surface area contributed by atoms with Crippen LogP contribution in [0.15, 0.2) is 48.0 Å². The van der Waals surface area contributed by atoms with E-state index in [2.05, 4.69) is 11.6 Å². The van der Waals surface area contributed by atoms with Crippen molar-refractivity contribution < 1.29 is 14.6 Å². The maximum Gasteiger partial charge on any atom is 0.341 e. The lowest BCUT2D eigenvalue weighted by molar-refractivity contribution is -0.131. The number of aliphatic hydroxyl groups is 1. The van der Waals surface area contributed by atoms with Crippen LogP contribution >= 0.6 is 22.9 Å². The van der Waals surface area contributed by atoms with E-state index in [9.17, 15) is 9.90 Å². The van der Waals surface area contributed by atoms with Gasteiger partial charge in [-0.1, -0.05) is 18.2 Å². The third kappa shape index (κ3) is 3.41. The number of nitrogens with zero attached hydrogens (tertiary/aromatic N) is 1. The van der Waals surface area contributed by atoms with Crippen LogP contribution < -0.4 is 4.74 Å². The van der Waals surface area contributed by atoms with Gasteiger partial charge in [-0.05, 0) is 24.3 Å². The molecule has 1 aromatic carbocycles. The molecule has 0 spiro atoms. The van der Waals surface area contributed by atoms with Gasteiger partial charge in [0.2, 0.25) is 0 Å². The van der Waals surface area contributed by atoms with Crippen molar-refractivity contribution in [1.29, 1.82) is 0 Å². The Morgan fingerprint density at radius 1 is 1.42 bits per heavy atom. The number of ether oxygens (including phenoxy) is 1. The van der Waals surface area contributed by atoms with Crippen molar-refractivity contribution in [2.45, 2.75) is 6.10 Å². The Morgan fingerprint density at radius 3 is 2.68 bits per heavy atom. The highest BCUT2D eigenvalue weighted by Gasteiger charge is 2.22. The summed E-state index contributed by atoms with van der Waals surface area (Å²) in [7, 11) is 0. The summed E-state index contributed by atoms with van der Waals surface area (Å²) < 4.78 is 5.07. The molecule has 0 fully saturated rings. The third-order valence-electron chi connectivity index (χ3n) is 2.30. The van der Waals surface area contributed by atoms with E-state index < -0.39 is 12.1 Å². The molecule has 0 amide bonds. The number of benzene rings is 1. The minimum atomic E-state index is -1.15. The normalized spacial score (nSPS) is 11.9. The Morgan fingerprint density at radius 2 is 2.11 bits per heavy atom. The first-order valence-corrected chi connectivity index (χ1v) is 6.57. The van der Waals surface area contributed by atoms with Crippen LogP contribution in [0.2, 0.25) is 5.02 Å². The van der Waals surface area contributed by atoms with Gasteiger partial charge in [-0.2, -0.15) is 0 Å². The number of aromatic nitrogens is 1. The number of halogens is 1. The molecule has 0 radical (unpaired) electrons. The number of rotatable bonds is 4. The van der Waals surface area contributed by atoms with Crippen LogP contribution in [0.3, 0.4) is 0 Å². The minimum Gasteiger partial charge on any atom is -0.423 e. The molecule has 0 aliphatic rings. The monoisotopic (exact) mass is 295 g/mol. The Labute approximate surface area is 118 Å². The van der Waals surface area contributed by atoms with E-state index in [-0.39, 0.29) is 5.57 Å². The van der Waals surface area contributed by atoms with Gasteiger partial charge in [-0.15, -0.1) is 11.3 Å². The number of thiazole rings is 1. The molecule has 1 unspecified atom stereocenters. The SMILES string of the molecule is C=C(C(=O)Oc1ccc(Cl)cc1)C(O)c1nccs1. The van der Waals surface area contributed by atoms with Gasteiger partial charge in [0.1, 0.15) is 16.9 Å². The lowest BCUT2D eigenvalue weighted by Gasteiger charge is -2.10. The van der Waals surface area contributed by atoms with Gasteiger partial charge in [0.15, 0.2) is 0 Å². The lowest BCUT2D eigenvalue weighted by atomic mass is 10.2. The van der Waals surface area contributed by atoms with Crippen LogP contribution in [-0.2, 0) is 4.79 Å². The number of hydrogen-bond donors (Lipinski definition) is 1. The Bertz CT molecular complexity index is 580. The first kappa shape index (κ1) is 13.7. The molecule has 1 atom stereocenters. The first-order chi connectivity index (χ1) is 9.08. The zero-order valence-corrected chi connectivity index (χ0v) is 11.3. The van der Waals surface area contributed by atoms with Crippen molar-refractivity contribution in [2.75, 3.05) is 0 Å². The molecule has 19 heavy (non-hydrogen) atoms. The largest absolute Gasteiger partial charge is 0.423 e. The molecule has 0 aliphatic carbocycles. The summed E-state index contributed by atoms with van der Waals surface area (Å²) in [6, 6.07) is 6.32. The van der Waals surface area contributed by atoms with Gasteiger partial charge in [-0.3, -0.25) is 0 Å². The van der Waals surface area contributed by atoms with Gasteiger partial charge in [0, 0.05) is 16.6 Å². The van der Waals surface area contributed by atoms with Gasteiger partial charge in [0.05, 0.1) is 5.57 Å². The lowest BCUT2D eigenvalue weighted by Crippen LogP contribution is -2.16. The molecule has 0 bridgehead atoms. The summed E-state index contributed by atoms with van der Waals surface area (Å²) in [5.41, 5.74) is -0.0649. The topological polar surface area (TPSA) is 59.4 Å². The van der Waals surface area contributed by atoms with Crippen LogP contribution in [-0.4, -0.2) is 16.1 Å². The zero-order valence-electron chi connectivity index (χ0n) is 9.75. The second-order valence-electron chi connectivity index (χ2n) is 3.64. The fourth-order valence-corrected chi connectivity index (χ4v) is 2.09. The summed E-state index contributed by atoms with van der Waals surface area (Å²) in [4.78, 5) is 15.7. The summed E-state index contributed by atoms with van der Waals surface area (Å²) in [6.45, 7) is 3.54. The quantitative estimate of drug-likeness (QED) is 0.535. The molecular weight excluding hydrogens is 286 g/mol. The second kappa shape index (κ2) is 5.97. The van der Waals surface area contributed by atoms with Crippen molar-refractivity contribution in [2.24, 2.45) is 0 Å². The first-order valence-electron chi connectivity index (χ1n) is 5.32. The predicted molar refractivity (Wildman–Crippen MR) is 73.3 cm³/mol. The number of esters is 1. The summed E-state index contributed by atoms with van der Waals surface area (Å²) in [5.74, 6) is -0.369. The molecule has 6 heteroatoms. The fourth-order valence-electron chi connectivity index (χ4n) is 1.31. The predicted octanol–water partition coefficient (Wildman–Crippen LogP) is 2.99. The fraction of sp³-hybridized carbons (Fsp3) is 0.0769. The number of aliphatic hydroxyl groups excluding tert-OH is 1.